The lowest BCUT2D eigenvalue weighted by molar-refractivity contribution is 0.240. The third-order valence-corrected chi connectivity index (χ3v) is 4.12. The number of nitrogens with zero attached hydrogens (tertiary/aromatic N) is 1. The first-order chi connectivity index (χ1) is 11.1. The summed E-state index contributed by atoms with van der Waals surface area (Å²) in [7, 11) is 0. The molecule has 1 aromatic heterocycles. The van der Waals surface area contributed by atoms with Crippen molar-refractivity contribution in [1.29, 1.82) is 0 Å². The van der Waals surface area contributed by atoms with Gasteiger partial charge in [0.25, 0.3) is 5.56 Å². The molecule has 1 aliphatic rings. The third-order valence-electron chi connectivity index (χ3n) is 3.92. The molecule has 3 N–H and O–H groups in total. The fourth-order valence-corrected chi connectivity index (χ4v) is 3.05. The number of hydrogen-bond acceptors (Lipinski definition) is 5. The number of aromatic hydroxyl groups is 1. The number of aromatic amines is 2. The maximum atomic E-state index is 12.0. The van der Waals surface area contributed by atoms with Crippen LogP contribution >= 0.6 is 12.2 Å². The molecule has 3 rings (SSSR count). The molecule has 0 unspecified atom stereocenters. The highest BCUT2D eigenvalue weighted by Crippen LogP contribution is 2.28. The monoisotopic (exact) mass is 333 g/mol. The fraction of sp³-hybridized carbons (Fsp3) is 0.375. The Morgan fingerprint density at radius 3 is 3.00 bits per heavy atom. The van der Waals surface area contributed by atoms with Gasteiger partial charge >= 0.3 is 0 Å². The number of ether oxygens (including phenoxy) is 1. The number of hydrogen-bond donors (Lipinski definition) is 3. The van der Waals surface area contributed by atoms with Gasteiger partial charge in [-0.25, -0.2) is 0 Å². The second kappa shape index (κ2) is 6.55. The molecule has 0 fully saturated rings. The van der Waals surface area contributed by atoms with Gasteiger partial charge in [-0.05, 0) is 36.8 Å². The number of aromatic nitrogens is 2. The van der Waals surface area contributed by atoms with E-state index in [2.05, 4.69) is 14.9 Å². The molecule has 0 bridgehead atoms. The molecule has 0 radical (unpaired) electrons. The average molecular weight is 333 g/mol. The first kappa shape index (κ1) is 15.8. The molecule has 1 aliphatic heterocycles. The summed E-state index contributed by atoms with van der Waals surface area (Å²) in [5.74, 6) is 0.632. The van der Waals surface area contributed by atoms with Crippen LogP contribution in [-0.4, -0.2) is 33.1 Å². The van der Waals surface area contributed by atoms with Gasteiger partial charge < -0.3 is 14.8 Å². The molecule has 1 aromatic carbocycles. The predicted octanol–water partition coefficient (Wildman–Crippen LogP) is 2.10. The number of benzene rings is 1. The highest BCUT2D eigenvalue weighted by Gasteiger charge is 2.20. The molecule has 2 heterocycles. The van der Waals surface area contributed by atoms with Gasteiger partial charge in [-0.3, -0.25) is 14.7 Å². The van der Waals surface area contributed by atoms with Crippen molar-refractivity contribution in [3.63, 3.8) is 0 Å². The van der Waals surface area contributed by atoms with Gasteiger partial charge in [-0.1, -0.05) is 6.07 Å². The number of rotatable bonds is 4. The van der Waals surface area contributed by atoms with Crippen molar-refractivity contribution < 1.29 is 9.84 Å². The average Bonchev–Trinajstić information content (AvgIpc) is 2.51. The normalized spacial score (nSPS) is 14.5. The van der Waals surface area contributed by atoms with Crippen LogP contribution in [-0.2, 0) is 19.5 Å². The molecule has 7 heteroatoms. The Labute approximate surface area is 138 Å². The van der Waals surface area contributed by atoms with Crippen molar-refractivity contribution in [3.8, 4) is 11.5 Å². The van der Waals surface area contributed by atoms with Crippen molar-refractivity contribution >= 4 is 12.2 Å². The number of fused-ring (bicyclic) bond motifs is 1. The Hall–Kier alpha value is -2.12. The van der Waals surface area contributed by atoms with E-state index in [1.165, 1.54) is 0 Å². The zero-order chi connectivity index (χ0) is 16.4. The molecular formula is C16H19N3O3S. The fourth-order valence-electron chi connectivity index (χ4n) is 2.83. The second-order valence-corrected chi connectivity index (χ2v) is 5.97. The molecule has 122 valence electrons. The minimum atomic E-state index is -0.117. The van der Waals surface area contributed by atoms with Gasteiger partial charge in [-0.2, -0.15) is 0 Å². The summed E-state index contributed by atoms with van der Waals surface area (Å²) in [5.41, 5.74) is 2.59. The number of phenols is 1. The summed E-state index contributed by atoms with van der Waals surface area (Å²) >= 11 is 5.01. The Kier molecular flexibility index (Phi) is 4.49. The van der Waals surface area contributed by atoms with E-state index in [-0.39, 0.29) is 11.3 Å². The summed E-state index contributed by atoms with van der Waals surface area (Å²) in [6.45, 7) is 4.48. The number of phenolic OH excluding ortho intramolecular Hbond substituents is 1. The van der Waals surface area contributed by atoms with E-state index in [1.807, 2.05) is 19.1 Å². The SMILES string of the molecule is CCOc1cc(CN2CCc3[nH]c(=S)[nH]c(=O)c3C2)ccc1O. The van der Waals surface area contributed by atoms with E-state index in [9.17, 15) is 9.90 Å². The summed E-state index contributed by atoms with van der Waals surface area (Å²) < 4.78 is 5.79. The minimum Gasteiger partial charge on any atom is -0.504 e. The summed E-state index contributed by atoms with van der Waals surface area (Å²) in [6, 6.07) is 5.36. The van der Waals surface area contributed by atoms with Crippen LogP contribution in [0.1, 0.15) is 23.7 Å². The summed E-state index contributed by atoms with van der Waals surface area (Å²) in [5, 5.41) is 9.77. The lowest BCUT2D eigenvalue weighted by Gasteiger charge is -2.27. The molecule has 0 atom stereocenters. The van der Waals surface area contributed by atoms with Gasteiger partial charge in [0.2, 0.25) is 0 Å². The molecule has 0 saturated carbocycles. The van der Waals surface area contributed by atoms with E-state index in [0.717, 1.165) is 29.8 Å². The van der Waals surface area contributed by atoms with Crippen LogP contribution in [0.5, 0.6) is 11.5 Å². The van der Waals surface area contributed by atoms with Gasteiger partial charge in [0, 0.05) is 31.7 Å². The largest absolute Gasteiger partial charge is 0.504 e. The van der Waals surface area contributed by atoms with Gasteiger partial charge in [0.1, 0.15) is 0 Å². The van der Waals surface area contributed by atoms with Crippen LogP contribution in [0.4, 0.5) is 0 Å². The second-order valence-electron chi connectivity index (χ2n) is 5.56. The van der Waals surface area contributed by atoms with E-state index in [4.69, 9.17) is 17.0 Å². The predicted molar refractivity (Wildman–Crippen MR) is 89.3 cm³/mol. The topological polar surface area (TPSA) is 81.3 Å². The van der Waals surface area contributed by atoms with Crippen molar-refractivity contribution in [2.45, 2.75) is 26.4 Å². The molecule has 2 aromatic rings. The number of nitrogens with one attached hydrogen (secondary N) is 2. The highest BCUT2D eigenvalue weighted by molar-refractivity contribution is 7.71. The Morgan fingerprint density at radius 1 is 1.39 bits per heavy atom. The maximum Gasteiger partial charge on any atom is 0.256 e. The zero-order valence-electron chi connectivity index (χ0n) is 12.9. The van der Waals surface area contributed by atoms with Crippen LogP contribution in [0.15, 0.2) is 23.0 Å². The highest BCUT2D eigenvalue weighted by atomic mass is 32.1. The Bertz CT molecular complexity index is 828. The van der Waals surface area contributed by atoms with Crippen molar-refractivity contribution in [2.75, 3.05) is 13.2 Å². The lowest BCUT2D eigenvalue weighted by atomic mass is 10.1. The molecule has 6 nitrogen and oxygen atoms in total. The van der Waals surface area contributed by atoms with E-state index in [0.29, 0.717) is 30.2 Å². The van der Waals surface area contributed by atoms with Crippen LogP contribution in [0.2, 0.25) is 0 Å². The Balaban J connectivity index is 1.79. The van der Waals surface area contributed by atoms with Crippen LogP contribution in [0.25, 0.3) is 0 Å². The molecule has 0 spiro atoms. The molecular weight excluding hydrogens is 314 g/mol. The summed E-state index contributed by atoms with van der Waals surface area (Å²) in [4.78, 5) is 19.9. The first-order valence-electron chi connectivity index (χ1n) is 7.58. The van der Waals surface area contributed by atoms with Crippen molar-refractivity contribution in [1.82, 2.24) is 14.9 Å². The molecule has 0 saturated heterocycles. The van der Waals surface area contributed by atoms with Crippen LogP contribution < -0.4 is 10.3 Å². The minimum absolute atomic E-state index is 0.117. The third kappa shape index (κ3) is 3.46. The number of H-pyrrole nitrogens is 2. The zero-order valence-corrected chi connectivity index (χ0v) is 13.7. The lowest BCUT2D eigenvalue weighted by Crippen LogP contribution is -2.35. The van der Waals surface area contributed by atoms with Gasteiger partial charge in [0.15, 0.2) is 16.3 Å². The summed E-state index contributed by atoms with van der Waals surface area (Å²) in [6.07, 6.45) is 0.763. The van der Waals surface area contributed by atoms with E-state index >= 15 is 0 Å². The van der Waals surface area contributed by atoms with E-state index in [1.54, 1.807) is 6.07 Å². The first-order valence-corrected chi connectivity index (χ1v) is 7.99. The standard InChI is InChI=1S/C16H19N3O3S/c1-2-22-14-7-10(3-4-13(14)20)8-19-6-5-12-11(9-19)15(21)18-16(23)17-12/h3-4,7,20H,2,5-6,8-9H2,1H3,(H2,17,18,21,23). The molecule has 0 aliphatic carbocycles. The van der Waals surface area contributed by atoms with E-state index < -0.39 is 0 Å². The Morgan fingerprint density at radius 2 is 2.22 bits per heavy atom. The smallest absolute Gasteiger partial charge is 0.256 e. The quantitative estimate of drug-likeness (QED) is 0.747. The molecule has 0 amide bonds. The van der Waals surface area contributed by atoms with Crippen LogP contribution in [0, 0.1) is 4.77 Å². The van der Waals surface area contributed by atoms with Crippen molar-refractivity contribution in [3.05, 3.63) is 50.1 Å². The van der Waals surface area contributed by atoms with Crippen molar-refractivity contribution in [2.24, 2.45) is 0 Å². The van der Waals surface area contributed by atoms with Crippen LogP contribution in [0.3, 0.4) is 0 Å². The van der Waals surface area contributed by atoms with Gasteiger partial charge in [0.05, 0.1) is 12.2 Å². The maximum absolute atomic E-state index is 12.0. The molecule has 23 heavy (non-hydrogen) atoms. The van der Waals surface area contributed by atoms with Gasteiger partial charge in [-0.15, -0.1) is 0 Å².